The molecular weight excluding hydrogens is 646 g/mol. The maximum Gasteiger partial charge on any atom is 0.145 e. The van der Waals surface area contributed by atoms with E-state index in [1.807, 2.05) is 79.0 Å². The first kappa shape index (κ1) is 30.5. The van der Waals surface area contributed by atoms with Gasteiger partial charge in [0.05, 0.1) is 22.4 Å². The number of imidazole rings is 1. The fourth-order valence-corrected chi connectivity index (χ4v) is 6.03. The van der Waals surface area contributed by atoms with Crippen LogP contribution in [0.3, 0.4) is 0 Å². The number of para-hydroxylation sites is 3. The lowest BCUT2D eigenvalue weighted by atomic mass is 9.87. The molecule has 0 radical (unpaired) electrons. The molecule has 0 aliphatic rings. The fourth-order valence-electron chi connectivity index (χ4n) is 5.60. The Bertz CT molecular complexity index is 2200. The van der Waals surface area contributed by atoms with Crippen LogP contribution in [0.25, 0.3) is 39.4 Å². The zero-order valence-electron chi connectivity index (χ0n) is 26.7. The summed E-state index contributed by atoms with van der Waals surface area (Å²) in [5.41, 5.74) is 8.60. The molecule has 232 valence electrons. The van der Waals surface area contributed by atoms with Crippen molar-refractivity contribution in [1.82, 2.24) is 14.5 Å². The molecule has 5 aromatic carbocycles. The SMILES string of the molecule is Cc1ccccc1-n1c(-c2ccc(Oc3cccc(Oc4ccc(-c5cc(C(C)(C)C)ccn5)cc4)c3Br)cc2)nc2ccccc21. The van der Waals surface area contributed by atoms with Crippen LogP contribution in [0.2, 0.25) is 0 Å². The van der Waals surface area contributed by atoms with Crippen molar-refractivity contribution in [2.24, 2.45) is 0 Å². The highest BCUT2D eigenvalue weighted by Gasteiger charge is 2.17. The Kier molecular flexibility index (Phi) is 8.12. The summed E-state index contributed by atoms with van der Waals surface area (Å²) in [7, 11) is 0. The number of hydrogen-bond donors (Lipinski definition) is 0. The maximum absolute atomic E-state index is 6.32. The zero-order valence-corrected chi connectivity index (χ0v) is 28.3. The predicted molar refractivity (Wildman–Crippen MR) is 194 cm³/mol. The molecule has 0 bridgehead atoms. The first-order valence-corrected chi connectivity index (χ1v) is 16.4. The molecule has 0 atom stereocenters. The number of rotatable bonds is 7. The number of aromatic nitrogens is 3. The standard InChI is InChI=1S/C41H34BrN3O2/c1-27-10-5-7-12-35(27)45-36-13-8-6-11-33(36)44-40(45)29-18-22-32(23-19-29)47-38-15-9-14-37(39(38)42)46-31-20-16-28(17-21-31)34-26-30(24-25-43-34)41(2,3)4/h5-26H,1-4H3. The van der Waals surface area contributed by atoms with Gasteiger partial charge in [0.25, 0.3) is 0 Å². The van der Waals surface area contributed by atoms with E-state index in [1.165, 1.54) is 11.1 Å². The van der Waals surface area contributed by atoms with Gasteiger partial charge in [-0.05, 0) is 130 Å². The van der Waals surface area contributed by atoms with Crippen molar-refractivity contribution < 1.29 is 9.47 Å². The smallest absolute Gasteiger partial charge is 0.145 e. The van der Waals surface area contributed by atoms with Crippen LogP contribution in [0, 0.1) is 6.92 Å². The summed E-state index contributed by atoms with van der Waals surface area (Å²) in [6, 6.07) is 42.6. The molecule has 0 saturated heterocycles. The van der Waals surface area contributed by atoms with Crippen molar-refractivity contribution in [3.63, 3.8) is 0 Å². The van der Waals surface area contributed by atoms with Crippen LogP contribution >= 0.6 is 15.9 Å². The number of benzene rings is 5. The van der Waals surface area contributed by atoms with Crippen LogP contribution in [0.15, 0.2) is 138 Å². The number of nitrogens with zero attached hydrogens (tertiary/aromatic N) is 3. The van der Waals surface area contributed by atoms with Gasteiger partial charge < -0.3 is 9.47 Å². The molecule has 0 spiro atoms. The van der Waals surface area contributed by atoms with Crippen molar-refractivity contribution in [1.29, 1.82) is 0 Å². The highest BCUT2D eigenvalue weighted by molar-refractivity contribution is 9.10. The lowest BCUT2D eigenvalue weighted by molar-refractivity contribution is 0.455. The Morgan fingerprint density at radius 1 is 0.660 bits per heavy atom. The van der Waals surface area contributed by atoms with Gasteiger partial charge in [-0.25, -0.2) is 4.98 Å². The van der Waals surface area contributed by atoms with E-state index < -0.39 is 0 Å². The monoisotopic (exact) mass is 679 g/mol. The van der Waals surface area contributed by atoms with Gasteiger partial charge in [-0.15, -0.1) is 0 Å². The van der Waals surface area contributed by atoms with E-state index in [-0.39, 0.29) is 5.41 Å². The molecule has 0 amide bonds. The van der Waals surface area contributed by atoms with E-state index in [0.29, 0.717) is 17.2 Å². The molecule has 0 saturated carbocycles. The van der Waals surface area contributed by atoms with E-state index >= 15 is 0 Å². The van der Waals surface area contributed by atoms with Crippen molar-refractivity contribution >= 4 is 27.0 Å². The molecule has 0 aliphatic heterocycles. The van der Waals surface area contributed by atoms with Gasteiger partial charge in [0.15, 0.2) is 0 Å². The highest BCUT2D eigenvalue weighted by Crippen LogP contribution is 2.40. The molecule has 2 aromatic heterocycles. The number of ether oxygens (including phenoxy) is 2. The molecule has 2 heterocycles. The Balaban J connectivity index is 1.11. The average molecular weight is 681 g/mol. The minimum absolute atomic E-state index is 0.0578. The van der Waals surface area contributed by atoms with Crippen molar-refractivity contribution in [2.45, 2.75) is 33.1 Å². The van der Waals surface area contributed by atoms with Crippen molar-refractivity contribution in [3.8, 4) is 51.3 Å². The second kappa shape index (κ2) is 12.5. The first-order chi connectivity index (χ1) is 22.7. The van der Waals surface area contributed by atoms with E-state index in [4.69, 9.17) is 14.5 Å². The number of fused-ring (bicyclic) bond motifs is 1. The summed E-state index contributed by atoms with van der Waals surface area (Å²) >= 11 is 3.71. The lowest BCUT2D eigenvalue weighted by Crippen LogP contribution is -2.11. The molecule has 6 heteroatoms. The van der Waals surface area contributed by atoms with Crippen LogP contribution in [0.5, 0.6) is 23.0 Å². The van der Waals surface area contributed by atoms with Gasteiger partial charge in [-0.1, -0.05) is 57.2 Å². The summed E-state index contributed by atoms with van der Waals surface area (Å²) < 4.78 is 15.5. The maximum atomic E-state index is 6.32. The van der Waals surface area contributed by atoms with Crippen LogP contribution in [-0.2, 0) is 5.41 Å². The van der Waals surface area contributed by atoms with Gasteiger partial charge >= 0.3 is 0 Å². The molecule has 47 heavy (non-hydrogen) atoms. The summed E-state index contributed by atoms with van der Waals surface area (Å²) in [6.07, 6.45) is 1.87. The number of halogens is 1. The largest absolute Gasteiger partial charge is 0.456 e. The number of pyridine rings is 1. The summed E-state index contributed by atoms with van der Waals surface area (Å²) in [5.74, 6) is 3.63. The molecule has 7 aromatic rings. The zero-order chi connectivity index (χ0) is 32.5. The minimum atomic E-state index is 0.0578. The molecule has 5 nitrogen and oxygen atoms in total. The van der Waals surface area contributed by atoms with Gasteiger partial charge in [-0.2, -0.15) is 0 Å². The van der Waals surface area contributed by atoms with Crippen LogP contribution in [0.4, 0.5) is 0 Å². The summed E-state index contributed by atoms with van der Waals surface area (Å²) in [5, 5.41) is 0. The number of hydrogen-bond acceptors (Lipinski definition) is 4. The Labute approximate surface area is 283 Å². The van der Waals surface area contributed by atoms with Crippen LogP contribution < -0.4 is 9.47 Å². The molecular formula is C41H34BrN3O2. The van der Waals surface area contributed by atoms with E-state index in [2.05, 4.69) is 108 Å². The van der Waals surface area contributed by atoms with Gasteiger partial charge in [-0.3, -0.25) is 9.55 Å². The second-order valence-corrected chi connectivity index (χ2v) is 13.3. The minimum Gasteiger partial charge on any atom is -0.456 e. The lowest BCUT2D eigenvalue weighted by Gasteiger charge is -2.19. The topological polar surface area (TPSA) is 49.2 Å². The second-order valence-electron chi connectivity index (χ2n) is 12.5. The third kappa shape index (κ3) is 6.29. The summed E-state index contributed by atoms with van der Waals surface area (Å²) in [6.45, 7) is 8.75. The Hall–Kier alpha value is -5.20. The van der Waals surface area contributed by atoms with E-state index in [1.54, 1.807) is 0 Å². The Morgan fingerprint density at radius 3 is 1.94 bits per heavy atom. The number of aryl methyl sites for hydroxylation is 1. The summed E-state index contributed by atoms with van der Waals surface area (Å²) in [4.78, 5) is 9.60. The third-order valence-corrected chi connectivity index (χ3v) is 8.97. The van der Waals surface area contributed by atoms with Crippen LogP contribution in [-0.4, -0.2) is 14.5 Å². The fraction of sp³-hybridized carbons (Fsp3) is 0.122. The quantitative estimate of drug-likeness (QED) is 0.168. The molecule has 0 N–H and O–H groups in total. The first-order valence-electron chi connectivity index (χ1n) is 15.6. The van der Waals surface area contributed by atoms with Gasteiger partial charge in [0.1, 0.15) is 33.3 Å². The normalized spacial score (nSPS) is 11.5. The van der Waals surface area contributed by atoms with Gasteiger partial charge in [0, 0.05) is 17.3 Å². The average Bonchev–Trinajstić information content (AvgIpc) is 3.46. The Morgan fingerprint density at radius 2 is 1.28 bits per heavy atom. The van der Waals surface area contributed by atoms with Crippen molar-refractivity contribution in [3.05, 3.63) is 149 Å². The van der Waals surface area contributed by atoms with E-state index in [9.17, 15) is 0 Å². The van der Waals surface area contributed by atoms with E-state index in [0.717, 1.165) is 49.6 Å². The molecule has 0 fully saturated rings. The predicted octanol–water partition coefficient (Wildman–Crippen LogP) is 11.7. The third-order valence-electron chi connectivity index (χ3n) is 8.19. The molecule has 7 rings (SSSR count). The molecule has 0 aliphatic carbocycles. The highest BCUT2D eigenvalue weighted by atomic mass is 79.9. The molecule has 0 unspecified atom stereocenters. The van der Waals surface area contributed by atoms with Gasteiger partial charge in [0.2, 0.25) is 0 Å². The van der Waals surface area contributed by atoms with Crippen molar-refractivity contribution in [2.75, 3.05) is 0 Å². The van der Waals surface area contributed by atoms with Crippen LogP contribution in [0.1, 0.15) is 31.9 Å².